The van der Waals surface area contributed by atoms with Gasteiger partial charge in [-0.25, -0.2) is 0 Å². The van der Waals surface area contributed by atoms with Gasteiger partial charge in [-0.1, -0.05) is 18.2 Å². The number of para-hydroxylation sites is 1. The van der Waals surface area contributed by atoms with Gasteiger partial charge in [0.2, 0.25) is 0 Å². The molecule has 2 aromatic rings. The molecule has 1 aromatic heterocycles. The van der Waals surface area contributed by atoms with Gasteiger partial charge in [-0.3, -0.25) is 4.79 Å². The van der Waals surface area contributed by atoms with E-state index in [1.807, 2.05) is 25.2 Å². The topological polar surface area (TPSA) is 37.3 Å². The molecule has 0 radical (unpaired) electrons. The number of hydrogen-bond acceptors (Lipinski definition) is 3. The van der Waals surface area contributed by atoms with Crippen LogP contribution in [0, 0.1) is 5.92 Å². The Hall–Kier alpha value is -1.81. The van der Waals surface area contributed by atoms with E-state index >= 15 is 0 Å². The second-order valence-electron chi connectivity index (χ2n) is 6.02. The Bertz CT molecular complexity index is 686. The molecule has 1 aliphatic rings. The van der Waals surface area contributed by atoms with Gasteiger partial charge < -0.3 is 14.8 Å². The number of aromatic nitrogens is 1. The van der Waals surface area contributed by atoms with Crippen LogP contribution >= 0.6 is 0 Å². The maximum atomic E-state index is 12.2. The minimum absolute atomic E-state index is 0.0564. The first-order valence-electron chi connectivity index (χ1n) is 7.67. The number of benzene rings is 1. The summed E-state index contributed by atoms with van der Waals surface area (Å²) in [4.78, 5) is 14.4. The number of nitrogens with one attached hydrogen (secondary N) is 1. The summed E-state index contributed by atoms with van der Waals surface area (Å²) in [6.07, 6.45) is 2.43. The molecule has 1 aliphatic heterocycles. The van der Waals surface area contributed by atoms with Crippen molar-refractivity contribution in [3.8, 4) is 0 Å². The molecule has 1 fully saturated rings. The Morgan fingerprint density at radius 1 is 1.29 bits per heavy atom. The van der Waals surface area contributed by atoms with E-state index in [4.69, 9.17) is 0 Å². The van der Waals surface area contributed by atoms with Crippen LogP contribution in [0.3, 0.4) is 0 Å². The molecule has 1 aromatic carbocycles. The molecule has 1 N–H and O–H groups in total. The zero-order valence-electron chi connectivity index (χ0n) is 12.8. The molecule has 0 unspecified atom stereocenters. The van der Waals surface area contributed by atoms with E-state index in [2.05, 4.69) is 23.3 Å². The molecule has 0 atom stereocenters. The van der Waals surface area contributed by atoms with E-state index in [1.165, 1.54) is 12.8 Å². The smallest absolute Gasteiger partial charge is 0.252 e. The number of piperidine rings is 1. The van der Waals surface area contributed by atoms with E-state index in [0.717, 1.165) is 36.2 Å². The van der Waals surface area contributed by atoms with Crippen molar-refractivity contribution < 1.29 is 0 Å². The Kier molecular flexibility index (Phi) is 3.97. The highest BCUT2D eigenvalue weighted by molar-refractivity contribution is 5.91. The van der Waals surface area contributed by atoms with Crippen molar-refractivity contribution in [2.24, 2.45) is 13.0 Å². The second-order valence-corrected chi connectivity index (χ2v) is 6.02. The average Bonchev–Trinajstić information content (AvgIpc) is 2.52. The molecule has 0 bridgehead atoms. The van der Waals surface area contributed by atoms with Gasteiger partial charge >= 0.3 is 0 Å². The highest BCUT2D eigenvalue weighted by Crippen LogP contribution is 2.25. The lowest BCUT2D eigenvalue weighted by Crippen LogP contribution is -2.35. The molecule has 0 amide bonds. The Morgan fingerprint density at radius 2 is 2.00 bits per heavy atom. The fraction of sp³-hybridized carbons (Fsp3) is 0.471. The number of fused-ring (bicyclic) bond motifs is 1. The maximum Gasteiger partial charge on any atom is 0.252 e. The number of hydrogen-bond donors (Lipinski definition) is 1. The van der Waals surface area contributed by atoms with Crippen molar-refractivity contribution in [1.82, 2.24) is 9.88 Å². The number of anilines is 1. The summed E-state index contributed by atoms with van der Waals surface area (Å²) in [6, 6.07) is 9.90. The number of pyridine rings is 1. The van der Waals surface area contributed by atoms with Gasteiger partial charge in [-0.05, 0) is 37.9 Å². The van der Waals surface area contributed by atoms with Gasteiger partial charge in [0, 0.05) is 32.1 Å². The van der Waals surface area contributed by atoms with Gasteiger partial charge in [-0.15, -0.1) is 0 Å². The summed E-state index contributed by atoms with van der Waals surface area (Å²) in [5.74, 6) is 0.707. The zero-order valence-corrected chi connectivity index (χ0v) is 12.8. The lowest BCUT2D eigenvalue weighted by molar-refractivity contribution is 0.378. The first-order chi connectivity index (χ1) is 10.2. The van der Waals surface area contributed by atoms with Crippen molar-refractivity contribution in [1.29, 1.82) is 0 Å². The van der Waals surface area contributed by atoms with Gasteiger partial charge in [0.1, 0.15) is 0 Å². The number of nitrogens with zero attached hydrogens (tertiary/aromatic N) is 2. The van der Waals surface area contributed by atoms with E-state index in [1.54, 1.807) is 10.6 Å². The molecule has 4 heteroatoms. The van der Waals surface area contributed by atoms with Crippen molar-refractivity contribution in [2.75, 3.05) is 31.6 Å². The SMILES string of the molecule is CN(CC1CCNCC1)c1cc(=O)n(C)c2ccccc12. The number of rotatable bonds is 3. The zero-order chi connectivity index (χ0) is 14.8. The molecule has 4 nitrogen and oxygen atoms in total. The minimum Gasteiger partial charge on any atom is -0.374 e. The largest absolute Gasteiger partial charge is 0.374 e. The fourth-order valence-corrected chi connectivity index (χ4v) is 3.26. The van der Waals surface area contributed by atoms with Crippen LogP contribution in [0.4, 0.5) is 5.69 Å². The first-order valence-corrected chi connectivity index (χ1v) is 7.67. The lowest BCUT2D eigenvalue weighted by atomic mass is 9.97. The summed E-state index contributed by atoms with van der Waals surface area (Å²) in [5.41, 5.74) is 2.10. The summed E-state index contributed by atoms with van der Waals surface area (Å²) < 4.78 is 1.72. The van der Waals surface area contributed by atoms with Crippen LogP contribution in [0.15, 0.2) is 35.1 Å². The molecule has 2 heterocycles. The van der Waals surface area contributed by atoms with E-state index in [-0.39, 0.29) is 5.56 Å². The molecule has 0 saturated carbocycles. The van der Waals surface area contributed by atoms with Crippen LogP contribution in [-0.4, -0.2) is 31.2 Å². The summed E-state index contributed by atoms with van der Waals surface area (Å²) in [7, 11) is 3.94. The second kappa shape index (κ2) is 5.90. The Labute approximate surface area is 125 Å². The molecular formula is C17H23N3O. The third-order valence-electron chi connectivity index (χ3n) is 4.53. The third kappa shape index (κ3) is 2.81. The monoisotopic (exact) mass is 285 g/mol. The van der Waals surface area contributed by atoms with E-state index in [0.29, 0.717) is 5.92 Å². The standard InChI is InChI=1S/C17H23N3O/c1-19(12-13-7-9-18-10-8-13)16-11-17(21)20(2)15-6-4-3-5-14(15)16/h3-6,11,13,18H,7-10,12H2,1-2H3. The Morgan fingerprint density at radius 3 is 2.76 bits per heavy atom. The average molecular weight is 285 g/mol. The number of aryl methyl sites for hydroxylation is 1. The normalized spacial score (nSPS) is 16.3. The molecule has 1 saturated heterocycles. The summed E-state index contributed by atoms with van der Waals surface area (Å²) in [5, 5.41) is 4.55. The first kappa shape index (κ1) is 14.1. The van der Waals surface area contributed by atoms with Crippen molar-refractivity contribution in [3.63, 3.8) is 0 Å². The van der Waals surface area contributed by atoms with Gasteiger partial charge in [-0.2, -0.15) is 0 Å². The van der Waals surface area contributed by atoms with Crippen LogP contribution in [-0.2, 0) is 7.05 Å². The highest BCUT2D eigenvalue weighted by atomic mass is 16.1. The van der Waals surface area contributed by atoms with Crippen molar-refractivity contribution >= 4 is 16.6 Å². The highest BCUT2D eigenvalue weighted by Gasteiger charge is 2.17. The Balaban J connectivity index is 1.95. The molecule has 112 valence electrons. The quantitative estimate of drug-likeness (QED) is 0.937. The lowest BCUT2D eigenvalue weighted by Gasteiger charge is -2.29. The van der Waals surface area contributed by atoms with Crippen molar-refractivity contribution in [3.05, 3.63) is 40.7 Å². The van der Waals surface area contributed by atoms with Crippen molar-refractivity contribution in [2.45, 2.75) is 12.8 Å². The van der Waals surface area contributed by atoms with Crippen LogP contribution < -0.4 is 15.8 Å². The molecular weight excluding hydrogens is 262 g/mol. The predicted octanol–water partition coefficient (Wildman–Crippen LogP) is 1.97. The van der Waals surface area contributed by atoms with Crippen LogP contribution in [0.25, 0.3) is 10.9 Å². The maximum absolute atomic E-state index is 12.2. The van der Waals surface area contributed by atoms with E-state index in [9.17, 15) is 4.79 Å². The molecule has 0 spiro atoms. The van der Waals surface area contributed by atoms with Gasteiger partial charge in [0.15, 0.2) is 0 Å². The minimum atomic E-state index is 0.0564. The summed E-state index contributed by atoms with van der Waals surface area (Å²) >= 11 is 0. The van der Waals surface area contributed by atoms with E-state index < -0.39 is 0 Å². The van der Waals surface area contributed by atoms with Gasteiger partial charge in [0.05, 0.1) is 11.2 Å². The van der Waals surface area contributed by atoms with Gasteiger partial charge in [0.25, 0.3) is 5.56 Å². The predicted molar refractivity (Wildman–Crippen MR) is 88.1 cm³/mol. The molecule has 0 aliphatic carbocycles. The van der Waals surface area contributed by atoms with Crippen LogP contribution in [0.1, 0.15) is 12.8 Å². The fourth-order valence-electron chi connectivity index (χ4n) is 3.26. The third-order valence-corrected chi connectivity index (χ3v) is 4.53. The van der Waals surface area contributed by atoms with Crippen LogP contribution in [0.2, 0.25) is 0 Å². The van der Waals surface area contributed by atoms with Crippen LogP contribution in [0.5, 0.6) is 0 Å². The molecule has 3 rings (SSSR count). The molecule has 21 heavy (non-hydrogen) atoms. The summed E-state index contributed by atoms with van der Waals surface area (Å²) in [6.45, 7) is 3.23.